The zero-order chi connectivity index (χ0) is 22.2. The molecule has 33 heavy (non-hydrogen) atoms. The molecular formula is C25H23N7O. The van der Waals surface area contributed by atoms with Crippen molar-refractivity contribution in [1.29, 1.82) is 0 Å². The van der Waals surface area contributed by atoms with Crippen LogP contribution in [0.25, 0.3) is 44.9 Å². The predicted molar refractivity (Wildman–Crippen MR) is 127 cm³/mol. The third-order valence-electron chi connectivity index (χ3n) is 6.12. The number of benzene rings is 1. The molecule has 164 valence electrons. The van der Waals surface area contributed by atoms with Crippen LogP contribution in [0.4, 0.5) is 5.82 Å². The average molecular weight is 438 g/mol. The number of oxazole rings is 1. The van der Waals surface area contributed by atoms with E-state index in [0.29, 0.717) is 28.9 Å². The minimum Gasteiger partial charge on any atom is -0.435 e. The van der Waals surface area contributed by atoms with E-state index in [2.05, 4.69) is 31.3 Å². The summed E-state index contributed by atoms with van der Waals surface area (Å²) in [7, 11) is 0. The number of nitrogen functional groups attached to an aromatic ring is 1. The van der Waals surface area contributed by atoms with Gasteiger partial charge in [0.05, 0.1) is 23.5 Å². The highest BCUT2D eigenvalue weighted by Gasteiger charge is 2.19. The molecule has 1 fully saturated rings. The van der Waals surface area contributed by atoms with E-state index < -0.39 is 0 Å². The van der Waals surface area contributed by atoms with E-state index in [-0.39, 0.29) is 0 Å². The normalized spacial score (nSPS) is 14.7. The number of rotatable bonds is 4. The second-order valence-corrected chi connectivity index (χ2v) is 8.23. The summed E-state index contributed by atoms with van der Waals surface area (Å²) in [6.07, 6.45) is 9.65. The summed E-state index contributed by atoms with van der Waals surface area (Å²) in [5.41, 5.74) is 12.0. The second kappa shape index (κ2) is 8.14. The van der Waals surface area contributed by atoms with Crippen molar-refractivity contribution in [3.63, 3.8) is 0 Å². The quantitative estimate of drug-likeness (QED) is 0.431. The highest BCUT2D eigenvalue weighted by atomic mass is 16.3. The van der Waals surface area contributed by atoms with Crippen LogP contribution >= 0.6 is 0 Å². The largest absolute Gasteiger partial charge is 0.435 e. The van der Waals surface area contributed by atoms with Crippen molar-refractivity contribution >= 4 is 16.9 Å². The van der Waals surface area contributed by atoms with Gasteiger partial charge in [-0.3, -0.25) is 9.67 Å². The van der Waals surface area contributed by atoms with E-state index in [4.69, 9.17) is 15.1 Å². The van der Waals surface area contributed by atoms with Gasteiger partial charge in [0.1, 0.15) is 11.3 Å². The summed E-state index contributed by atoms with van der Waals surface area (Å²) in [6.45, 7) is 2.04. The van der Waals surface area contributed by atoms with Crippen molar-refractivity contribution in [3.05, 3.63) is 67.3 Å². The van der Waals surface area contributed by atoms with Crippen molar-refractivity contribution in [2.24, 2.45) is 0 Å². The second-order valence-electron chi connectivity index (χ2n) is 8.23. The number of anilines is 1. The lowest BCUT2D eigenvalue weighted by Gasteiger charge is -2.22. The molecule has 3 N–H and O–H groups in total. The molecule has 0 atom stereocenters. The minimum absolute atomic E-state index is 0.371. The maximum absolute atomic E-state index is 6.24. The molecule has 1 saturated heterocycles. The van der Waals surface area contributed by atoms with Crippen molar-refractivity contribution in [1.82, 2.24) is 30.0 Å². The van der Waals surface area contributed by atoms with Gasteiger partial charge in [-0.1, -0.05) is 12.1 Å². The van der Waals surface area contributed by atoms with Crippen LogP contribution in [-0.2, 0) is 0 Å². The molecule has 8 nitrogen and oxygen atoms in total. The summed E-state index contributed by atoms with van der Waals surface area (Å²) in [6, 6.07) is 14.0. The van der Waals surface area contributed by atoms with Crippen molar-refractivity contribution in [2.45, 2.75) is 18.9 Å². The summed E-state index contributed by atoms with van der Waals surface area (Å²) in [5.74, 6) is 0.807. The molecule has 0 bridgehead atoms. The number of nitrogens with zero attached hydrogens (tertiary/aromatic N) is 5. The Morgan fingerprint density at radius 3 is 2.73 bits per heavy atom. The number of fused-ring (bicyclic) bond motifs is 1. The third kappa shape index (κ3) is 3.64. The lowest BCUT2D eigenvalue weighted by atomic mass is 10.1. The Labute approximate surface area is 190 Å². The standard InChI is InChI=1S/C25H23N7O/c26-24-20(12-16(13-29-24)17-14-30-32(15-17)18-7-10-27-11-8-18)25-31-22-6-3-4-19(23(22)33-25)21-5-1-2-9-28-21/h1-6,9,12-15,18,27H,7-8,10-11H2,(H2,26,29). The summed E-state index contributed by atoms with van der Waals surface area (Å²) >= 11 is 0. The number of hydrogen-bond donors (Lipinski definition) is 2. The molecule has 0 spiro atoms. The molecule has 0 unspecified atom stereocenters. The Morgan fingerprint density at radius 2 is 1.88 bits per heavy atom. The number of nitrogens with one attached hydrogen (secondary N) is 1. The van der Waals surface area contributed by atoms with Crippen LogP contribution < -0.4 is 11.1 Å². The molecule has 1 aromatic carbocycles. The van der Waals surface area contributed by atoms with Crippen LogP contribution in [0.15, 0.2) is 71.7 Å². The van der Waals surface area contributed by atoms with Crippen molar-refractivity contribution in [3.8, 4) is 33.8 Å². The first-order valence-electron chi connectivity index (χ1n) is 11.1. The number of hydrogen-bond acceptors (Lipinski definition) is 7. The lowest BCUT2D eigenvalue weighted by Crippen LogP contribution is -2.29. The van der Waals surface area contributed by atoms with Crippen LogP contribution in [0.5, 0.6) is 0 Å². The molecule has 4 aromatic heterocycles. The molecule has 1 aliphatic heterocycles. The number of piperidine rings is 1. The maximum Gasteiger partial charge on any atom is 0.231 e. The average Bonchev–Trinajstić information content (AvgIpc) is 3.53. The number of para-hydroxylation sites is 1. The van der Waals surface area contributed by atoms with Gasteiger partial charge in [0.25, 0.3) is 0 Å². The monoisotopic (exact) mass is 437 g/mol. The smallest absolute Gasteiger partial charge is 0.231 e. The van der Waals surface area contributed by atoms with Crippen LogP contribution in [0.2, 0.25) is 0 Å². The Bertz CT molecular complexity index is 1420. The van der Waals surface area contributed by atoms with Crippen LogP contribution in [0.3, 0.4) is 0 Å². The molecule has 0 amide bonds. The van der Waals surface area contributed by atoms with Gasteiger partial charge in [-0.25, -0.2) is 9.97 Å². The van der Waals surface area contributed by atoms with E-state index in [1.807, 2.05) is 48.7 Å². The van der Waals surface area contributed by atoms with Gasteiger partial charge in [-0.2, -0.15) is 5.10 Å². The minimum atomic E-state index is 0.371. The Hall–Kier alpha value is -4.04. The zero-order valence-corrected chi connectivity index (χ0v) is 18.0. The number of aromatic nitrogens is 5. The van der Waals surface area contributed by atoms with Crippen LogP contribution in [-0.4, -0.2) is 37.8 Å². The van der Waals surface area contributed by atoms with Gasteiger partial charge in [-0.05, 0) is 56.3 Å². The van der Waals surface area contributed by atoms with E-state index in [9.17, 15) is 0 Å². The van der Waals surface area contributed by atoms with E-state index in [1.165, 1.54) is 0 Å². The fourth-order valence-electron chi connectivity index (χ4n) is 4.35. The highest BCUT2D eigenvalue weighted by molar-refractivity contribution is 5.91. The first-order chi connectivity index (χ1) is 16.3. The molecule has 0 saturated carbocycles. The van der Waals surface area contributed by atoms with E-state index >= 15 is 0 Å². The van der Waals surface area contributed by atoms with Crippen molar-refractivity contribution in [2.75, 3.05) is 18.8 Å². The number of nitrogens with two attached hydrogens (primary N) is 1. The topological polar surface area (TPSA) is 108 Å². The van der Waals surface area contributed by atoms with Crippen LogP contribution in [0.1, 0.15) is 18.9 Å². The van der Waals surface area contributed by atoms with Gasteiger partial charge >= 0.3 is 0 Å². The predicted octanol–water partition coefficient (Wildman–Crippen LogP) is 4.32. The van der Waals surface area contributed by atoms with Crippen molar-refractivity contribution < 1.29 is 4.42 Å². The SMILES string of the molecule is Nc1ncc(-c2cnn(C3CCNCC3)c2)cc1-c1nc2cccc(-c3ccccn3)c2o1. The molecular weight excluding hydrogens is 414 g/mol. The third-order valence-corrected chi connectivity index (χ3v) is 6.12. The molecule has 0 radical (unpaired) electrons. The van der Waals surface area contributed by atoms with Gasteiger partial charge in [0.2, 0.25) is 5.89 Å². The Balaban J connectivity index is 1.39. The van der Waals surface area contributed by atoms with E-state index in [0.717, 1.165) is 53.8 Å². The fourth-order valence-corrected chi connectivity index (χ4v) is 4.35. The summed E-state index contributed by atoms with van der Waals surface area (Å²) < 4.78 is 8.27. The van der Waals surface area contributed by atoms with E-state index in [1.54, 1.807) is 12.4 Å². The molecule has 6 rings (SSSR count). The van der Waals surface area contributed by atoms with Gasteiger partial charge < -0.3 is 15.5 Å². The molecule has 8 heteroatoms. The molecule has 5 heterocycles. The van der Waals surface area contributed by atoms with Crippen LogP contribution in [0, 0.1) is 0 Å². The maximum atomic E-state index is 6.24. The zero-order valence-electron chi connectivity index (χ0n) is 18.0. The molecule has 0 aliphatic carbocycles. The first kappa shape index (κ1) is 19.6. The fraction of sp³-hybridized carbons (Fsp3) is 0.200. The molecule has 5 aromatic rings. The lowest BCUT2D eigenvalue weighted by molar-refractivity contribution is 0.343. The molecule has 1 aliphatic rings. The van der Waals surface area contributed by atoms with Gasteiger partial charge in [0, 0.05) is 35.3 Å². The highest BCUT2D eigenvalue weighted by Crippen LogP contribution is 2.35. The van der Waals surface area contributed by atoms with Gasteiger partial charge in [-0.15, -0.1) is 0 Å². The Morgan fingerprint density at radius 1 is 0.970 bits per heavy atom. The number of pyridine rings is 2. The van der Waals surface area contributed by atoms with Gasteiger partial charge in [0.15, 0.2) is 5.58 Å². The summed E-state index contributed by atoms with van der Waals surface area (Å²) in [4.78, 5) is 13.6. The Kier molecular flexibility index (Phi) is 4.84. The summed E-state index contributed by atoms with van der Waals surface area (Å²) in [5, 5.41) is 8.00. The first-order valence-corrected chi connectivity index (χ1v) is 11.1.